The van der Waals surface area contributed by atoms with Gasteiger partial charge in [-0.2, -0.15) is 0 Å². The van der Waals surface area contributed by atoms with Crippen LogP contribution in [0, 0.1) is 0 Å². The molecule has 1 saturated carbocycles. The van der Waals surface area contributed by atoms with Crippen molar-refractivity contribution in [3.63, 3.8) is 0 Å². The average Bonchev–Trinajstić information content (AvgIpc) is 3.10. The van der Waals surface area contributed by atoms with Crippen LogP contribution in [0.5, 0.6) is 0 Å². The van der Waals surface area contributed by atoms with Gasteiger partial charge in [0.15, 0.2) is 5.79 Å². The molecule has 5 nitrogen and oxygen atoms in total. The first-order valence-electron chi connectivity index (χ1n) is 7.17. The van der Waals surface area contributed by atoms with Crippen LogP contribution in [-0.2, 0) is 19.5 Å². The third-order valence-corrected chi connectivity index (χ3v) is 6.10. The summed E-state index contributed by atoms with van der Waals surface area (Å²) in [6, 6.07) is 4.33. The number of ether oxygens (including phenoxy) is 2. The van der Waals surface area contributed by atoms with Crippen molar-refractivity contribution in [2.24, 2.45) is 0 Å². The molecule has 122 valence electrons. The number of nitrogens with one attached hydrogen (secondary N) is 1. The Hall–Kier alpha value is -0.370. The molecule has 1 spiro atoms. The van der Waals surface area contributed by atoms with E-state index in [1.165, 1.54) is 12.1 Å². The number of hydrogen-bond donors (Lipinski definition) is 1. The monoisotopic (exact) mass is 365 g/mol. The van der Waals surface area contributed by atoms with Gasteiger partial charge in [-0.15, -0.1) is 0 Å². The van der Waals surface area contributed by atoms with Crippen molar-refractivity contribution in [1.29, 1.82) is 0 Å². The van der Waals surface area contributed by atoms with Gasteiger partial charge >= 0.3 is 0 Å². The molecule has 2 aliphatic rings. The van der Waals surface area contributed by atoms with Crippen molar-refractivity contribution >= 4 is 33.2 Å². The highest BCUT2D eigenvalue weighted by atomic mass is 35.5. The van der Waals surface area contributed by atoms with Gasteiger partial charge in [0.2, 0.25) is 10.0 Å². The van der Waals surface area contributed by atoms with E-state index in [2.05, 4.69) is 4.72 Å². The molecular weight excluding hydrogens is 349 g/mol. The molecule has 2 fully saturated rings. The molecule has 0 amide bonds. The molecule has 22 heavy (non-hydrogen) atoms. The maximum atomic E-state index is 12.3. The van der Waals surface area contributed by atoms with Gasteiger partial charge in [0.05, 0.1) is 17.7 Å². The summed E-state index contributed by atoms with van der Waals surface area (Å²) in [6.07, 6.45) is 3.62. The SMILES string of the molecule is O=S(=O)(NCC1COC2(CCCC2)O1)c1cc(Cl)ccc1Cl. The molecule has 1 aromatic rings. The minimum atomic E-state index is -3.74. The van der Waals surface area contributed by atoms with Crippen molar-refractivity contribution in [2.75, 3.05) is 13.2 Å². The van der Waals surface area contributed by atoms with Gasteiger partial charge in [-0.05, 0) is 31.0 Å². The van der Waals surface area contributed by atoms with E-state index in [0.29, 0.717) is 11.6 Å². The van der Waals surface area contributed by atoms with Crippen molar-refractivity contribution in [2.45, 2.75) is 42.5 Å². The second kappa shape index (κ2) is 6.26. The molecule has 0 radical (unpaired) electrons. The number of rotatable bonds is 4. The first-order valence-corrected chi connectivity index (χ1v) is 9.41. The third kappa shape index (κ3) is 3.42. The lowest BCUT2D eigenvalue weighted by atomic mass is 10.2. The topological polar surface area (TPSA) is 64.6 Å². The fourth-order valence-electron chi connectivity index (χ4n) is 2.86. The van der Waals surface area contributed by atoms with E-state index in [9.17, 15) is 8.42 Å². The maximum Gasteiger partial charge on any atom is 0.242 e. The van der Waals surface area contributed by atoms with E-state index < -0.39 is 15.8 Å². The Balaban J connectivity index is 1.64. The van der Waals surface area contributed by atoms with Gasteiger partial charge in [0.1, 0.15) is 4.90 Å². The molecule has 1 heterocycles. The zero-order valence-electron chi connectivity index (χ0n) is 11.8. The molecule has 1 aliphatic carbocycles. The summed E-state index contributed by atoms with van der Waals surface area (Å²) in [6.45, 7) is 0.540. The Morgan fingerprint density at radius 3 is 2.73 bits per heavy atom. The molecule has 1 unspecified atom stereocenters. The Morgan fingerprint density at radius 2 is 2.00 bits per heavy atom. The molecular formula is C14H17Cl2NO4S. The van der Waals surface area contributed by atoms with E-state index in [1.54, 1.807) is 6.07 Å². The predicted molar refractivity (Wildman–Crippen MR) is 83.7 cm³/mol. The summed E-state index contributed by atoms with van der Waals surface area (Å²) in [5.74, 6) is -0.496. The smallest absolute Gasteiger partial charge is 0.242 e. The highest BCUT2D eigenvalue weighted by molar-refractivity contribution is 7.89. The van der Waals surface area contributed by atoms with Gasteiger partial charge in [0, 0.05) is 24.4 Å². The fourth-order valence-corrected chi connectivity index (χ4v) is 4.68. The lowest BCUT2D eigenvalue weighted by Gasteiger charge is -2.22. The molecule has 1 saturated heterocycles. The van der Waals surface area contributed by atoms with Crippen molar-refractivity contribution < 1.29 is 17.9 Å². The zero-order chi connectivity index (χ0) is 15.8. The number of halogens is 2. The van der Waals surface area contributed by atoms with Crippen molar-refractivity contribution in [1.82, 2.24) is 4.72 Å². The summed E-state index contributed by atoms with van der Waals surface area (Å²) in [7, 11) is -3.74. The third-order valence-electron chi connectivity index (χ3n) is 3.96. The van der Waals surface area contributed by atoms with Gasteiger partial charge in [-0.1, -0.05) is 23.2 Å². The number of benzene rings is 1. The summed E-state index contributed by atoms with van der Waals surface area (Å²) >= 11 is 11.8. The van der Waals surface area contributed by atoms with E-state index in [4.69, 9.17) is 32.7 Å². The summed E-state index contributed by atoms with van der Waals surface area (Å²) in [5, 5.41) is 0.447. The Morgan fingerprint density at radius 1 is 1.27 bits per heavy atom. The first-order chi connectivity index (χ1) is 10.4. The highest BCUT2D eigenvalue weighted by Crippen LogP contribution is 2.39. The van der Waals surface area contributed by atoms with E-state index in [1.807, 2.05) is 0 Å². The van der Waals surface area contributed by atoms with Gasteiger partial charge in [-0.25, -0.2) is 13.1 Å². The molecule has 0 bridgehead atoms. The van der Waals surface area contributed by atoms with Crippen molar-refractivity contribution in [3.8, 4) is 0 Å². The Kier molecular flexibility index (Phi) is 4.69. The van der Waals surface area contributed by atoms with Crippen LogP contribution in [0.4, 0.5) is 0 Å². The number of hydrogen-bond acceptors (Lipinski definition) is 4. The maximum absolute atomic E-state index is 12.3. The normalized spacial score (nSPS) is 24.2. The molecule has 1 aliphatic heterocycles. The van der Waals surface area contributed by atoms with Crippen LogP contribution < -0.4 is 4.72 Å². The van der Waals surface area contributed by atoms with Gasteiger partial charge in [-0.3, -0.25) is 0 Å². The van der Waals surface area contributed by atoms with Crippen LogP contribution in [0.25, 0.3) is 0 Å². The molecule has 3 rings (SSSR count). The zero-order valence-corrected chi connectivity index (χ0v) is 14.2. The van der Waals surface area contributed by atoms with E-state index >= 15 is 0 Å². The van der Waals surface area contributed by atoms with Gasteiger partial charge < -0.3 is 9.47 Å². The van der Waals surface area contributed by atoms with Crippen LogP contribution in [0.1, 0.15) is 25.7 Å². The predicted octanol–water partition coefficient (Wildman–Crippen LogP) is 2.96. The molecule has 1 N–H and O–H groups in total. The second-order valence-electron chi connectivity index (χ2n) is 5.60. The Bertz CT molecular complexity index is 659. The van der Waals surface area contributed by atoms with Crippen LogP contribution in [0.15, 0.2) is 23.1 Å². The van der Waals surface area contributed by atoms with Crippen molar-refractivity contribution in [3.05, 3.63) is 28.2 Å². The highest BCUT2D eigenvalue weighted by Gasteiger charge is 2.43. The fraction of sp³-hybridized carbons (Fsp3) is 0.571. The first kappa shape index (κ1) is 16.5. The summed E-state index contributed by atoms with van der Waals surface area (Å²) < 4.78 is 38.8. The largest absolute Gasteiger partial charge is 0.347 e. The molecule has 8 heteroatoms. The van der Waals surface area contributed by atoms with Gasteiger partial charge in [0.25, 0.3) is 0 Å². The lowest BCUT2D eigenvalue weighted by Crippen LogP contribution is -2.35. The summed E-state index contributed by atoms with van der Waals surface area (Å²) in [4.78, 5) is -0.0313. The van der Waals surface area contributed by atoms with Crippen LogP contribution in [0.2, 0.25) is 10.0 Å². The minimum absolute atomic E-state index is 0.0313. The molecule has 1 atom stereocenters. The lowest BCUT2D eigenvalue weighted by molar-refractivity contribution is -0.160. The van der Waals surface area contributed by atoms with Crippen LogP contribution in [0.3, 0.4) is 0 Å². The summed E-state index contributed by atoms with van der Waals surface area (Å²) in [5.41, 5.74) is 0. The van der Waals surface area contributed by atoms with E-state index in [0.717, 1.165) is 25.7 Å². The van der Waals surface area contributed by atoms with E-state index in [-0.39, 0.29) is 22.6 Å². The Labute approximate surface area is 139 Å². The molecule has 1 aromatic carbocycles. The average molecular weight is 366 g/mol. The second-order valence-corrected chi connectivity index (χ2v) is 8.17. The van der Waals surface area contributed by atoms with Crippen LogP contribution >= 0.6 is 23.2 Å². The van der Waals surface area contributed by atoms with Crippen LogP contribution in [-0.4, -0.2) is 33.5 Å². The molecule has 0 aromatic heterocycles. The standard InChI is InChI=1S/C14H17Cl2NO4S/c15-10-3-4-12(16)13(7-10)22(18,19)17-8-11-9-20-14(21-11)5-1-2-6-14/h3-4,7,11,17H,1-2,5-6,8-9H2. The minimum Gasteiger partial charge on any atom is -0.347 e. The number of sulfonamides is 1. The quantitative estimate of drug-likeness (QED) is 0.890.